The SMILES string of the molecule is CC1OC=CSC1C. The fraction of sp³-hybridized carbons (Fsp3) is 0.667. The molecule has 0 N–H and O–H groups in total. The largest absolute Gasteiger partial charge is 0.497 e. The molecule has 1 aliphatic heterocycles. The molecule has 46 valence electrons. The average Bonchev–Trinajstić information content (AvgIpc) is 1.77. The highest BCUT2D eigenvalue weighted by Gasteiger charge is 2.13. The minimum absolute atomic E-state index is 0.380. The van der Waals surface area contributed by atoms with Gasteiger partial charge in [0.15, 0.2) is 0 Å². The Bertz CT molecular complexity index is 88.7. The molecular weight excluding hydrogens is 120 g/mol. The molecule has 2 unspecified atom stereocenters. The third kappa shape index (κ3) is 1.19. The molecule has 0 aromatic rings. The van der Waals surface area contributed by atoms with Crippen LogP contribution in [0.2, 0.25) is 0 Å². The molecule has 8 heavy (non-hydrogen) atoms. The lowest BCUT2D eigenvalue weighted by Gasteiger charge is -2.20. The van der Waals surface area contributed by atoms with Gasteiger partial charge in [-0.15, -0.1) is 11.8 Å². The molecule has 0 saturated heterocycles. The summed E-state index contributed by atoms with van der Waals surface area (Å²) in [5.41, 5.74) is 0. The van der Waals surface area contributed by atoms with E-state index in [1.807, 2.05) is 17.2 Å². The van der Waals surface area contributed by atoms with Crippen LogP contribution in [0.4, 0.5) is 0 Å². The topological polar surface area (TPSA) is 9.23 Å². The molecule has 0 bridgehead atoms. The Morgan fingerprint density at radius 1 is 1.50 bits per heavy atom. The third-order valence-corrected chi connectivity index (χ3v) is 2.38. The summed E-state index contributed by atoms with van der Waals surface area (Å²) in [6, 6.07) is 0. The summed E-state index contributed by atoms with van der Waals surface area (Å²) < 4.78 is 5.19. The summed E-state index contributed by atoms with van der Waals surface area (Å²) in [6.45, 7) is 4.25. The van der Waals surface area contributed by atoms with Crippen LogP contribution >= 0.6 is 11.8 Å². The van der Waals surface area contributed by atoms with Crippen LogP contribution in [0.3, 0.4) is 0 Å². The molecule has 2 heteroatoms. The summed E-state index contributed by atoms with van der Waals surface area (Å²) in [4.78, 5) is 0. The second kappa shape index (κ2) is 2.44. The van der Waals surface area contributed by atoms with Gasteiger partial charge >= 0.3 is 0 Å². The predicted molar refractivity (Wildman–Crippen MR) is 36.7 cm³/mol. The Labute approximate surface area is 54.1 Å². The van der Waals surface area contributed by atoms with Crippen LogP contribution in [0.25, 0.3) is 0 Å². The highest BCUT2D eigenvalue weighted by atomic mass is 32.2. The van der Waals surface area contributed by atoms with E-state index in [4.69, 9.17) is 4.74 Å². The molecule has 0 aliphatic carbocycles. The lowest BCUT2D eigenvalue weighted by atomic mass is 10.3. The number of thioether (sulfide) groups is 1. The van der Waals surface area contributed by atoms with Gasteiger partial charge < -0.3 is 4.74 Å². The summed E-state index contributed by atoms with van der Waals surface area (Å²) in [7, 11) is 0. The maximum Gasteiger partial charge on any atom is 0.107 e. The van der Waals surface area contributed by atoms with Crippen LogP contribution in [0.1, 0.15) is 13.8 Å². The molecule has 1 aliphatic rings. The highest BCUT2D eigenvalue weighted by molar-refractivity contribution is 8.02. The Kier molecular flexibility index (Phi) is 1.84. The van der Waals surface area contributed by atoms with E-state index < -0.39 is 0 Å². The first kappa shape index (κ1) is 6.02. The summed E-state index contributed by atoms with van der Waals surface area (Å²) in [5.74, 6) is 0. The van der Waals surface area contributed by atoms with E-state index >= 15 is 0 Å². The second-order valence-corrected chi connectivity index (χ2v) is 3.24. The molecular formula is C6H10OS. The zero-order valence-corrected chi connectivity index (χ0v) is 5.94. The van der Waals surface area contributed by atoms with Crippen molar-refractivity contribution >= 4 is 11.8 Å². The Morgan fingerprint density at radius 3 is 2.62 bits per heavy atom. The van der Waals surface area contributed by atoms with Gasteiger partial charge in [0.1, 0.15) is 6.10 Å². The average molecular weight is 130 g/mol. The molecule has 1 rings (SSSR count). The van der Waals surface area contributed by atoms with Gasteiger partial charge in [-0.05, 0) is 13.8 Å². The van der Waals surface area contributed by atoms with Gasteiger partial charge in [-0.1, -0.05) is 0 Å². The van der Waals surface area contributed by atoms with Crippen LogP contribution in [0.5, 0.6) is 0 Å². The highest BCUT2D eigenvalue weighted by Crippen LogP contribution is 2.21. The Hall–Kier alpha value is -0.110. The second-order valence-electron chi connectivity index (χ2n) is 1.95. The van der Waals surface area contributed by atoms with E-state index in [2.05, 4.69) is 13.8 Å². The first-order chi connectivity index (χ1) is 3.80. The van der Waals surface area contributed by atoms with Crippen LogP contribution in [-0.4, -0.2) is 11.4 Å². The van der Waals surface area contributed by atoms with Gasteiger partial charge in [-0.25, -0.2) is 0 Å². The van der Waals surface area contributed by atoms with Crippen molar-refractivity contribution in [3.8, 4) is 0 Å². The number of hydrogen-bond donors (Lipinski definition) is 0. The molecule has 0 aromatic carbocycles. The van der Waals surface area contributed by atoms with Crippen molar-refractivity contribution in [2.24, 2.45) is 0 Å². The quantitative estimate of drug-likeness (QED) is 0.496. The van der Waals surface area contributed by atoms with Crippen LogP contribution in [0.15, 0.2) is 11.7 Å². The molecule has 0 fully saturated rings. The molecule has 2 atom stereocenters. The fourth-order valence-electron chi connectivity index (χ4n) is 0.533. The van der Waals surface area contributed by atoms with Gasteiger partial charge in [0, 0.05) is 10.7 Å². The first-order valence-corrected chi connectivity index (χ1v) is 3.71. The molecule has 0 saturated carbocycles. The summed E-state index contributed by atoms with van der Waals surface area (Å²) >= 11 is 1.82. The predicted octanol–water partition coefficient (Wildman–Crippen LogP) is 2.00. The van der Waals surface area contributed by atoms with E-state index in [1.54, 1.807) is 6.26 Å². The van der Waals surface area contributed by atoms with Crippen LogP contribution in [0, 0.1) is 0 Å². The van der Waals surface area contributed by atoms with E-state index in [9.17, 15) is 0 Å². The lowest BCUT2D eigenvalue weighted by molar-refractivity contribution is 0.160. The van der Waals surface area contributed by atoms with Crippen molar-refractivity contribution in [3.05, 3.63) is 11.7 Å². The zero-order valence-electron chi connectivity index (χ0n) is 5.13. The van der Waals surface area contributed by atoms with E-state index in [0.717, 1.165) is 0 Å². The number of rotatable bonds is 0. The molecule has 0 aromatic heterocycles. The third-order valence-electron chi connectivity index (χ3n) is 1.30. The van der Waals surface area contributed by atoms with Gasteiger partial charge in [-0.2, -0.15) is 0 Å². The van der Waals surface area contributed by atoms with Crippen molar-refractivity contribution < 1.29 is 4.74 Å². The van der Waals surface area contributed by atoms with Crippen molar-refractivity contribution in [1.82, 2.24) is 0 Å². The number of hydrogen-bond acceptors (Lipinski definition) is 2. The van der Waals surface area contributed by atoms with E-state index in [1.165, 1.54) is 0 Å². The van der Waals surface area contributed by atoms with Crippen LogP contribution in [-0.2, 0) is 4.74 Å². The summed E-state index contributed by atoms with van der Waals surface area (Å²) in [6.07, 6.45) is 2.14. The van der Waals surface area contributed by atoms with Crippen molar-refractivity contribution in [1.29, 1.82) is 0 Å². The van der Waals surface area contributed by atoms with E-state index in [0.29, 0.717) is 11.4 Å². The normalized spacial score (nSPS) is 36.8. The molecule has 1 heterocycles. The van der Waals surface area contributed by atoms with Gasteiger partial charge in [-0.3, -0.25) is 0 Å². The van der Waals surface area contributed by atoms with Crippen molar-refractivity contribution in [2.75, 3.05) is 0 Å². The van der Waals surface area contributed by atoms with Crippen molar-refractivity contribution in [2.45, 2.75) is 25.2 Å². The Morgan fingerprint density at radius 2 is 2.25 bits per heavy atom. The van der Waals surface area contributed by atoms with Gasteiger partial charge in [0.2, 0.25) is 0 Å². The maximum absolute atomic E-state index is 5.19. The number of ether oxygens (including phenoxy) is 1. The molecule has 0 spiro atoms. The van der Waals surface area contributed by atoms with Gasteiger partial charge in [0.25, 0.3) is 0 Å². The summed E-state index contributed by atoms with van der Waals surface area (Å²) in [5, 5.41) is 2.60. The fourth-order valence-corrected chi connectivity index (χ4v) is 1.19. The van der Waals surface area contributed by atoms with Crippen molar-refractivity contribution in [3.63, 3.8) is 0 Å². The van der Waals surface area contributed by atoms with E-state index in [-0.39, 0.29) is 0 Å². The minimum atomic E-state index is 0.380. The zero-order chi connectivity index (χ0) is 5.98. The smallest absolute Gasteiger partial charge is 0.107 e. The molecule has 1 nitrogen and oxygen atoms in total. The van der Waals surface area contributed by atoms with Gasteiger partial charge in [0.05, 0.1) is 6.26 Å². The Balaban J connectivity index is 2.44. The molecule has 0 amide bonds. The standard InChI is InChI=1S/C6H10OS/c1-5-6(2)8-4-3-7-5/h3-6H,1-2H3. The monoisotopic (exact) mass is 130 g/mol. The minimum Gasteiger partial charge on any atom is -0.497 e. The maximum atomic E-state index is 5.19. The molecule has 0 radical (unpaired) electrons. The van der Waals surface area contributed by atoms with Crippen LogP contribution < -0.4 is 0 Å². The lowest BCUT2D eigenvalue weighted by Crippen LogP contribution is -2.19. The first-order valence-electron chi connectivity index (χ1n) is 2.76.